The summed E-state index contributed by atoms with van der Waals surface area (Å²) < 4.78 is 5.08. The van der Waals surface area contributed by atoms with Crippen LogP contribution in [0.15, 0.2) is 0 Å². The highest BCUT2D eigenvalue weighted by atomic mass is 79.9. The first-order valence-electron chi connectivity index (χ1n) is 4.94. The van der Waals surface area contributed by atoms with Crippen LogP contribution in [0.2, 0.25) is 0 Å². The molecule has 0 radical (unpaired) electrons. The Labute approximate surface area is 90.8 Å². The molecule has 1 atom stereocenters. The molecule has 0 spiro atoms. The number of hydrogen-bond donors (Lipinski definition) is 0. The van der Waals surface area contributed by atoms with Crippen molar-refractivity contribution in [2.24, 2.45) is 0 Å². The fourth-order valence-electron chi connectivity index (χ4n) is 1.54. The van der Waals surface area contributed by atoms with Crippen LogP contribution in [-0.4, -0.2) is 42.6 Å². The fourth-order valence-corrected chi connectivity index (χ4v) is 1.95. The molecule has 0 aromatic rings. The van der Waals surface area contributed by atoms with E-state index in [1.54, 1.807) is 7.11 Å². The second-order valence-electron chi connectivity index (χ2n) is 3.65. The van der Waals surface area contributed by atoms with Crippen LogP contribution in [-0.2, 0) is 4.74 Å². The molecule has 0 rings (SSSR count). The van der Waals surface area contributed by atoms with Gasteiger partial charge >= 0.3 is 0 Å². The van der Waals surface area contributed by atoms with Crippen molar-refractivity contribution in [3.8, 4) is 0 Å². The zero-order valence-corrected chi connectivity index (χ0v) is 10.8. The third-order valence-corrected chi connectivity index (χ3v) is 2.67. The second kappa shape index (κ2) is 7.77. The molecule has 0 bridgehead atoms. The number of nitrogens with zero attached hydrogens (tertiary/aromatic N) is 1. The first-order chi connectivity index (χ1) is 6.13. The summed E-state index contributed by atoms with van der Waals surface area (Å²) >= 11 is 3.48. The van der Waals surface area contributed by atoms with Crippen molar-refractivity contribution in [1.29, 1.82) is 0 Å². The van der Waals surface area contributed by atoms with Crippen molar-refractivity contribution in [3.05, 3.63) is 0 Å². The molecule has 0 heterocycles. The van der Waals surface area contributed by atoms with Crippen molar-refractivity contribution >= 4 is 15.9 Å². The zero-order chi connectivity index (χ0) is 10.3. The van der Waals surface area contributed by atoms with Gasteiger partial charge in [-0.15, -0.1) is 0 Å². The maximum absolute atomic E-state index is 5.08. The van der Waals surface area contributed by atoms with Gasteiger partial charge in [0.2, 0.25) is 0 Å². The van der Waals surface area contributed by atoms with E-state index in [-0.39, 0.29) is 0 Å². The summed E-state index contributed by atoms with van der Waals surface area (Å²) in [6, 6.07) is 1.22. The molecule has 0 fully saturated rings. The van der Waals surface area contributed by atoms with Crippen LogP contribution in [0, 0.1) is 0 Å². The highest BCUT2D eigenvalue weighted by Crippen LogP contribution is 2.09. The van der Waals surface area contributed by atoms with E-state index in [2.05, 4.69) is 41.6 Å². The minimum atomic E-state index is 0.609. The van der Waals surface area contributed by atoms with Gasteiger partial charge in [-0.2, -0.15) is 0 Å². The number of halogens is 1. The molecule has 0 saturated heterocycles. The number of alkyl halides is 1. The topological polar surface area (TPSA) is 12.5 Å². The molecular weight excluding hydrogens is 230 g/mol. The van der Waals surface area contributed by atoms with Crippen molar-refractivity contribution in [2.75, 3.05) is 25.6 Å². The highest BCUT2D eigenvalue weighted by molar-refractivity contribution is 9.09. The van der Waals surface area contributed by atoms with Crippen LogP contribution < -0.4 is 0 Å². The molecule has 2 nitrogen and oxygen atoms in total. The van der Waals surface area contributed by atoms with Crippen LogP contribution >= 0.6 is 15.9 Å². The van der Waals surface area contributed by atoms with E-state index >= 15 is 0 Å². The van der Waals surface area contributed by atoms with Gasteiger partial charge in [0.15, 0.2) is 0 Å². The van der Waals surface area contributed by atoms with Crippen molar-refractivity contribution in [3.63, 3.8) is 0 Å². The highest BCUT2D eigenvalue weighted by Gasteiger charge is 2.15. The Hall–Kier alpha value is 0.400. The normalized spacial score (nSPS) is 14.1. The Kier molecular flexibility index (Phi) is 8.01. The van der Waals surface area contributed by atoms with Gasteiger partial charge in [-0.25, -0.2) is 0 Å². The molecule has 3 heteroatoms. The Morgan fingerprint density at radius 3 is 2.31 bits per heavy atom. The van der Waals surface area contributed by atoms with Crippen LogP contribution in [0.25, 0.3) is 0 Å². The predicted octanol–water partition coefficient (Wildman–Crippen LogP) is 2.52. The van der Waals surface area contributed by atoms with Gasteiger partial charge in [-0.3, -0.25) is 4.90 Å². The molecular formula is C10H22BrNO. The number of hydrogen-bond acceptors (Lipinski definition) is 2. The van der Waals surface area contributed by atoms with Crippen molar-refractivity contribution < 1.29 is 4.74 Å². The standard InChI is InChI=1S/C10H22BrNO/c1-9(2)12(7-6-11)10(3)5-8-13-4/h9-10H,5-8H2,1-4H3. The SMILES string of the molecule is COCCC(C)N(CCBr)C(C)C. The van der Waals surface area contributed by atoms with E-state index in [9.17, 15) is 0 Å². The molecule has 1 unspecified atom stereocenters. The molecule has 13 heavy (non-hydrogen) atoms. The first-order valence-corrected chi connectivity index (χ1v) is 6.06. The lowest BCUT2D eigenvalue weighted by Gasteiger charge is -2.32. The van der Waals surface area contributed by atoms with E-state index in [1.165, 1.54) is 0 Å². The molecule has 80 valence electrons. The van der Waals surface area contributed by atoms with Crippen LogP contribution in [0.5, 0.6) is 0 Å². The largest absolute Gasteiger partial charge is 0.385 e. The summed E-state index contributed by atoms with van der Waals surface area (Å²) in [6.45, 7) is 8.72. The van der Waals surface area contributed by atoms with Crippen molar-refractivity contribution in [1.82, 2.24) is 4.90 Å². The summed E-state index contributed by atoms with van der Waals surface area (Å²) in [5.41, 5.74) is 0. The summed E-state index contributed by atoms with van der Waals surface area (Å²) in [5.74, 6) is 0. The summed E-state index contributed by atoms with van der Waals surface area (Å²) in [4.78, 5) is 2.49. The van der Waals surface area contributed by atoms with Crippen LogP contribution in [0.4, 0.5) is 0 Å². The van der Waals surface area contributed by atoms with E-state index in [1.807, 2.05) is 0 Å². The monoisotopic (exact) mass is 251 g/mol. The van der Waals surface area contributed by atoms with Gasteiger partial charge in [-0.1, -0.05) is 15.9 Å². The minimum Gasteiger partial charge on any atom is -0.385 e. The molecule has 0 N–H and O–H groups in total. The van der Waals surface area contributed by atoms with E-state index in [0.717, 1.165) is 24.9 Å². The average molecular weight is 252 g/mol. The predicted molar refractivity (Wildman–Crippen MR) is 61.6 cm³/mol. The van der Waals surface area contributed by atoms with Crippen molar-refractivity contribution in [2.45, 2.75) is 39.3 Å². The first kappa shape index (κ1) is 13.4. The van der Waals surface area contributed by atoms with Gasteiger partial charge in [0.05, 0.1) is 0 Å². The molecule has 0 aliphatic rings. The lowest BCUT2D eigenvalue weighted by atomic mass is 10.1. The second-order valence-corrected chi connectivity index (χ2v) is 4.44. The Morgan fingerprint density at radius 1 is 1.31 bits per heavy atom. The maximum atomic E-state index is 5.08. The summed E-state index contributed by atoms with van der Waals surface area (Å²) in [7, 11) is 1.76. The van der Waals surface area contributed by atoms with Gasteiger partial charge in [0, 0.05) is 37.7 Å². The number of ether oxygens (including phenoxy) is 1. The quantitative estimate of drug-likeness (QED) is 0.645. The number of methoxy groups -OCH3 is 1. The van der Waals surface area contributed by atoms with Crippen LogP contribution in [0.3, 0.4) is 0 Å². The molecule has 0 aliphatic heterocycles. The molecule has 0 aliphatic carbocycles. The smallest absolute Gasteiger partial charge is 0.0477 e. The lowest BCUT2D eigenvalue weighted by molar-refractivity contribution is 0.122. The molecule has 0 aromatic heterocycles. The fraction of sp³-hybridized carbons (Fsp3) is 1.00. The summed E-state index contributed by atoms with van der Waals surface area (Å²) in [5, 5.41) is 1.04. The Bertz CT molecular complexity index is 119. The van der Waals surface area contributed by atoms with Crippen LogP contribution in [0.1, 0.15) is 27.2 Å². The third-order valence-electron chi connectivity index (χ3n) is 2.31. The zero-order valence-electron chi connectivity index (χ0n) is 9.22. The van der Waals surface area contributed by atoms with Gasteiger partial charge in [0.1, 0.15) is 0 Å². The summed E-state index contributed by atoms with van der Waals surface area (Å²) in [6.07, 6.45) is 1.11. The minimum absolute atomic E-state index is 0.609. The Morgan fingerprint density at radius 2 is 1.92 bits per heavy atom. The van der Waals surface area contributed by atoms with Gasteiger partial charge in [-0.05, 0) is 27.2 Å². The Balaban J connectivity index is 3.87. The number of rotatable bonds is 7. The van der Waals surface area contributed by atoms with E-state index in [4.69, 9.17) is 4.74 Å². The van der Waals surface area contributed by atoms with E-state index in [0.29, 0.717) is 12.1 Å². The van der Waals surface area contributed by atoms with E-state index < -0.39 is 0 Å². The molecule has 0 aromatic carbocycles. The maximum Gasteiger partial charge on any atom is 0.0477 e. The average Bonchev–Trinajstić information content (AvgIpc) is 2.09. The third kappa shape index (κ3) is 5.66. The molecule has 0 amide bonds. The van der Waals surface area contributed by atoms with Gasteiger partial charge in [0.25, 0.3) is 0 Å². The molecule has 0 saturated carbocycles. The van der Waals surface area contributed by atoms with Gasteiger partial charge < -0.3 is 4.74 Å². The lowest BCUT2D eigenvalue weighted by Crippen LogP contribution is -2.40.